The number of aryl methyl sites for hydroxylation is 2. The quantitative estimate of drug-likeness (QED) is 0.767. The van der Waals surface area contributed by atoms with Gasteiger partial charge in [0.1, 0.15) is 0 Å². The molecular formula is C12H20F3N3. The topological polar surface area (TPSA) is 29.9 Å². The predicted molar refractivity (Wildman–Crippen MR) is 64.3 cm³/mol. The van der Waals surface area contributed by atoms with Crippen molar-refractivity contribution in [3.63, 3.8) is 0 Å². The van der Waals surface area contributed by atoms with E-state index in [1.807, 2.05) is 24.6 Å². The van der Waals surface area contributed by atoms with Gasteiger partial charge in [0, 0.05) is 19.5 Å². The van der Waals surface area contributed by atoms with Crippen LogP contribution in [0.25, 0.3) is 0 Å². The molecular weight excluding hydrogens is 243 g/mol. The first-order chi connectivity index (χ1) is 8.46. The molecule has 0 radical (unpaired) electrons. The van der Waals surface area contributed by atoms with Crippen molar-refractivity contribution >= 4 is 0 Å². The summed E-state index contributed by atoms with van der Waals surface area (Å²) in [5, 5.41) is 7.41. The minimum Gasteiger partial charge on any atom is -0.311 e. The standard InChI is InChI=1S/C12H20F3N3/c1-3-10-8-11(18(4-2)17-10)9-16-7-5-6-12(13,14)15/h8,16H,3-7,9H2,1-2H3. The maximum atomic E-state index is 11.9. The van der Waals surface area contributed by atoms with Gasteiger partial charge in [0.2, 0.25) is 0 Å². The van der Waals surface area contributed by atoms with Crippen LogP contribution in [0.3, 0.4) is 0 Å². The number of alkyl halides is 3. The van der Waals surface area contributed by atoms with E-state index in [4.69, 9.17) is 0 Å². The van der Waals surface area contributed by atoms with Crippen molar-refractivity contribution in [1.82, 2.24) is 15.1 Å². The average Bonchev–Trinajstić information content (AvgIpc) is 2.69. The molecule has 1 rings (SSSR count). The fourth-order valence-corrected chi connectivity index (χ4v) is 1.73. The molecule has 1 N–H and O–H groups in total. The van der Waals surface area contributed by atoms with E-state index in [0.717, 1.165) is 24.4 Å². The number of halogens is 3. The molecule has 0 aromatic carbocycles. The molecule has 0 fully saturated rings. The van der Waals surface area contributed by atoms with Gasteiger partial charge in [0.05, 0.1) is 11.4 Å². The third kappa shape index (κ3) is 5.08. The van der Waals surface area contributed by atoms with Crippen LogP contribution in [0.4, 0.5) is 13.2 Å². The van der Waals surface area contributed by atoms with Crippen LogP contribution in [-0.4, -0.2) is 22.5 Å². The van der Waals surface area contributed by atoms with Gasteiger partial charge in [-0.15, -0.1) is 0 Å². The Labute approximate surface area is 105 Å². The fourth-order valence-electron chi connectivity index (χ4n) is 1.73. The van der Waals surface area contributed by atoms with Crippen LogP contribution >= 0.6 is 0 Å². The highest BCUT2D eigenvalue weighted by Gasteiger charge is 2.25. The second-order valence-corrected chi connectivity index (χ2v) is 4.19. The summed E-state index contributed by atoms with van der Waals surface area (Å²) in [6.45, 7) is 5.75. The van der Waals surface area contributed by atoms with E-state index in [2.05, 4.69) is 10.4 Å². The molecule has 0 aliphatic rings. The van der Waals surface area contributed by atoms with Gasteiger partial charge in [-0.25, -0.2) is 0 Å². The van der Waals surface area contributed by atoms with Crippen LogP contribution in [-0.2, 0) is 19.5 Å². The summed E-state index contributed by atoms with van der Waals surface area (Å²) in [6.07, 6.45) is -3.80. The fraction of sp³-hybridized carbons (Fsp3) is 0.750. The first-order valence-electron chi connectivity index (χ1n) is 6.29. The van der Waals surface area contributed by atoms with E-state index in [1.165, 1.54) is 0 Å². The maximum absolute atomic E-state index is 11.9. The van der Waals surface area contributed by atoms with Crippen molar-refractivity contribution in [1.29, 1.82) is 0 Å². The van der Waals surface area contributed by atoms with E-state index < -0.39 is 12.6 Å². The monoisotopic (exact) mass is 263 g/mol. The summed E-state index contributed by atoms with van der Waals surface area (Å²) in [4.78, 5) is 0. The molecule has 0 unspecified atom stereocenters. The van der Waals surface area contributed by atoms with E-state index >= 15 is 0 Å². The molecule has 0 saturated heterocycles. The summed E-state index contributed by atoms with van der Waals surface area (Å²) in [6, 6.07) is 2.00. The third-order valence-electron chi connectivity index (χ3n) is 2.70. The largest absolute Gasteiger partial charge is 0.389 e. The SMILES string of the molecule is CCc1cc(CNCCCC(F)(F)F)n(CC)n1. The Morgan fingerprint density at radius 3 is 2.61 bits per heavy atom. The Bertz CT molecular complexity index is 358. The lowest BCUT2D eigenvalue weighted by molar-refractivity contribution is -0.135. The Kier molecular flexibility index (Phi) is 5.65. The number of nitrogens with zero attached hydrogens (tertiary/aromatic N) is 2. The van der Waals surface area contributed by atoms with Gasteiger partial charge in [-0.05, 0) is 32.4 Å². The van der Waals surface area contributed by atoms with Crippen LogP contribution in [0.2, 0.25) is 0 Å². The minimum absolute atomic E-state index is 0.115. The molecule has 0 bridgehead atoms. The molecule has 0 spiro atoms. The maximum Gasteiger partial charge on any atom is 0.389 e. The first-order valence-corrected chi connectivity index (χ1v) is 6.29. The van der Waals surface area contributed by atoms with Crippen LogP contribution < -0.4 is 5.32 Å². The third-order valence-corrected chi connectivity index (χ3v) is 2.70. The van der Waals surface area contributed by atoms with Crippen molar-refractivity contribution in [2.75, 3.05) is 6.54 Å². The van der Waals surface area contributed by atoms with Crippen LogP contribution in [0.5, 0.6) is 0 Å². The highest BCUT2D eigenvalue weighted by molar-refractivity contribution is 5.10. The highest BCUT2D eigenvalue weighted by Crippen LogP contribution is 2.20. The van der Waals surface area contributed by atoms with E-state index in [-0.39, 0.29) is 6.42 Å². The molecule has 6 heteroatoms. The Morgan fingerprint density at radius 1 is 1.33 bits per heavy atom. The molecule has 0 aliphatic carbocycles. The van der Waals surface area contributed by atoms with E-state index in [1.54, 1.807) is 0 Å². The zero-order valence-electron chi connectivity index (χ0n) is 10.8. The number of nitrogens with one attached hydrogen (secondary N) is 1. The number of hydrogen-bond donors (Lipinski definition) is 1. The smallest absolute Gasteiger partial charge is 0.311 e. The molecule has 1 aromatic rings. The number of rotatable bonds is 7. The molecule has 0 atom stereocenters. The molecule has 0 saturated carbocycles. The summed E-state index contributed by atoms with van der Waals surface area (Å²) >= 11 is 0. The van der Waals surface area contributed by atoms with Crippen LogP contribution in [0.15, 0.2) is 6.07 Å². The molecule has 18 heavy (non-hydrogen) atoms. The summed E-state index contributed by atoms with van der Waals surface area (Å²) < 4.78 is 37.7. The van der Waals surface area contributed by atoms with E-state index in [9.17, 15) is 13.2 Å². The van der Waals surface area contributed by atoms with Gasteiger partial charge >= 0.3 is 6.18 Å². The summed E-state index contributed by atoms with van der Waals surface area (Å²) in [5.74, 6) is 0. The van der Waals surface area contributed by atoms with Gasteiger partial charge in [0.15, 0.2) is 0 Å². The predicted octanol–water partition coefficient (Wildman–Crippen LogP) is 2.90. The van der Waals surface area contributed by atoms with Gasteiger partial charge in [-0.2, -0.15) is 18.3 Å². The Morgan fingerprint density at radius 2 is 2.06 bits per heavy atom. The Hall–Kier alpha value is -1.04. The minimum atomic E-state index is -4.05. The summed E-state index contributed by atoms with van der Waals surface area (Å²) in [5.41, 5.74) is 2.05. The van der Waals surface area contributed by atoms with Gasteiger partial charge < -0.3 is 5.32 Å². The molecule has 1 aromatic heterocycles. The zero-order valence-corrected chi connectivity index (χ0v) is 10.8. The normalized spacial score (nSPS) is 12.1. The lowest BCUT2D eigenvalue weighted by Gasteiger charge is -2.08. The van der Waals surface area contributed by atoms with Crippen molar-refractivity contribution in [3.8, 4) is 0 Å². The first kappa shape index (κ1) is 15.0. The summed E-state index contributed by atoms with van der Waals surface area (Å²) in [7, 11) is 0. The second-order valence-electron chi connectivity index (χ2n) is 4.19. The molecule has 1 heterocycles. The molecule has 3 nitrogen and oxygen atoms in total. The highest BCUT2D eigenvalue weighted by atomic mass is 19.4. The van der Waals surface area contributed by atoms with Crippen LogP contribution in [0, 0.1) is 0 Å². The van der Waals surface area contributed by atoms with Crippen molar-refractivity contribution in [2.24, 2.45) is 0 Å². The van der Waals surface area contributed by atoms with Crippen molar-refractivity contribution in [3.05, 3.63) is 17.5 Å². The van der Waals surface area contributed by atoms with Gasteiger partial charge in [-0.3, -0.25) is 4.68 Å². The van der Waals surface area contributed by atoms with Crippen molar-refractivity contribution < 1.29 is 13.2 Å². The molecule has 0 amide bonds. The van der Waals surface area contributed by atoms with Crippen molar-refractivity contribution in [2.45, 2.75) is 52.4 Å². The lowest BCUT2D eigenvalue weighted by Crippen LogP contribution is -2.19. The molecule has 0 aliphatic heterocycles. The lowest BCUT2D eigenvalue weighted by atomic mass is 10.3. The number of hydrogen-bond acceptors (Lipinski definition) is 2. The van der Waals surface area contributed by atoms with Crippen LogP contribution in [0.1, 0.15) is 38.1 Å². The Balaban J connectivity index is 2.32. The van der Waals surface area contributed by atoms with Gasteiger partial charge in [0.25, 0.3) is 0 Å². The zero-order chi connectivity index (χ0) is 13.6. The second kappa shape index (κ2) is 6.78. The van der Waals surface area contributed by atoms with E-state index in [0.29, 0.717) is 13.1 Å². The molecule has 104 valence electrons. The average molecular weight is 263 g/mol. The number of aromatic nitrogens is 2. The van der Waals surface area contributed by atoms with Gasteiger partial charge in [-0.1, -0.05) is 6.92 Å².